The fourth-order valence-corrected chi connectivity index (χ4v) is 5.36. The maximum atomic E-state index is 13.5. The van der Waals surface area contributed by atoms with Crippen molar-refractivity contribution in [3.05, 3.63) is 0 Å². The Bertz CT molecular complexity index is 1290. The SMILES string of the molecule is CCC(C)C(NC(=O)CNC(=O)C1CCCN1C(=O)C(CC(N)=O)NC(=O)CNC(=O)C(CC(C)C)NC(=O)C(NC(=O)CN)C(C)C)C(=O)O. The first kappa shape index (κ1) is 44.2. The molecule has 19 heteroatoms. The number of carbonyl (C=O) groups is 9. The summed E-state index contributed by atoms with van der Waals surface area (Å²) in [6.07, 6.45) is 0.680. The number of nitrogens with zero attached hydrogens (tertiary/aromatic N) is 1. The monoisotopic (exact) mass is 725 g/mol. The molecule has 6 atom stereocenters. The van der Waals surface area contributed by atoms with Crippen LogP contribution in [0.3, 0.4) is 0 Å². The molecule has 288 valence electrons. The molecule has 1 aliphatic heterocycles. The third-order valence-corrected chi connectivity index (χ3v) is 8.31. The zero-order valence-corrected chi connectivity index (χ0v) is 30.2. The van der Waals surface area contributed by atoms with Gasteiger partial charge in [-0.3, -0.25) is 38.4 Å². The van der Waals surface area contributed by atoms with Crippen LogP contribution in [0.4, 0.5) is 0 Å². The van der Waals surface area contributed by atoms with Gasteiger partial charge in [0.25, 0.3) is 0 Å². The number of carboxylic acid groups (broad SMARTS) is 1. The number of likely N-dealkylation sites (tertiary alicyclic amines) is 1. The highest BCUT2D eigenvalue weighted by Gasteiger charge is 2.38. The van der Waals surface area contributed by atoms with E-state index in [0.717, 1.165) is 4.90 Å². The molecule has 0 aliphatic carbocycles. The smallest absolute Gasteiger partial charge is 0.326 e. The highest BCUT2D eigenvalue weighted by molar-refractivity contribution is 5.97. The molecule has 0 spiro atoms. The molecule has 51 heavy (non-hydrogen) atoms. The highest BCUT2D eigenvalue weighted by Crippen LogP contribution is 2.19. The van der Waals surface area contributed by atoms with Crippen molar-refractivity contribution in [1.29, 1.82) is 0 Å². The molecule has 1 saturated heterocycles. The Kier molecular flexibility index (Phi) is 18.6. The van der Waals surface area contributed by atoms with Gasteiger partial charge in [0.05, 0.1) is 26.1 Å². The number of nitrogens with one attached hydrogen (secondary N) is 6. The van der Waals surface area contributed by atoms with Crippen molar-refractivity contribution < 1.29 is 48.3 Å². The summed E-state index contributed by atoms with van der Waals surface area (Å²) in [7, 11) is 0. The summed E-state index contributed by atoms with van der Waals surface area (Å²) in [4.78, 5) is 114. The lowest BCUT2D eigenvalue weighted by atomic mass is 9.99. The van der Waals surface area contributed by atoms with E-state index >= 15 is 0 Å². The maximum absolute atomic E-state index is 13.5. The van der Waals surface area contributed by atoms with Gasteiger partial charge in [0.2, 0.25) is 47.3 Å². The summed E-state index contributed by atoms with van der Waals surface area (Å²) in [5.74, 6) is -7.86. The molecule has 0 radical (unpaired) electrons. The van der Waals surface area contributed by atoms with E-state index in [0.29, 0.717) is 12.8 Å². The Morgan fingerprint density at radius 3 is 1.90 bits per heavy atom. The third-order valence-electron chi connectivity index (χ3n) is 8.31. The zero-order valence-electron chi connectivity index (χ0n) is 30.2. The molecular formula is C32H55N9O10. The number of carboxylic acids is 1. The van der Waals surface area contributed by atoms with Gasteiger partial charge in [0.1, 0.15) is 30.2 Å². The van der Waals surface area contributed by atoms with Crippen molar-refractivity contribution in [2.75, 3.05) is 26.2 Å². The number of nitrogens with two attached hydrogens (primary N) is 2. The van der Waals surface area contributed by atoms with Gasteiger partial charge in [-0.15, -0.1) is 0 Å². The first-order valence-electron chi connectivity index (χ1n) is 17.1. The molecule has 0 aromatic rings. The lowest BCUT2D eigenvalue weighted by Gasteiger charge is -2.28. The lowest BCUT2D eigenvalue weighted by Crippen LogP contribution is -2.58. The van der Waals surface area contributed by atoms with E-state index in [1.807, 2.05) is 13.8 Å². The van der Waals surface area contributed by atoms with E-state index in [1.165, 1.54) is 0 Å². The third kappa shape index (κ3) is 14.9. The van der Waals surface area contributed by atoms with Gasteiger partial charge in [-0.2, -0.15) is 0 Å². The fraction of sp³-hybridized carbons (Fsp3) is 0.719. The average molecular weight is 726 g/mol. The number of rotatable bonds is 21. The maximum Gasteiger partial charge on any atom is 0.326 e. The van der Waals surface area contributed by atoms with E-state index in [4.69, 9.17) is 11.5 Å². The highest BCUT2D eigenvalue weighted by atomic mass is 16.4. The molecule has 1 aliphatic rings. The van der Waals surface area contributed by atoms with Gasteiger partial charge in [0, 0.05) is 6.54 Å². The van der Waals surface area contributed by atoms with Gasteiger partial charge in [0.15, 0.2) is 0 Å². The Morgan fingerprint density at radius 2 is 1.37 bits per heavy atom. The van der Waals surface area contributed by atoms with Crippen molar-refractivity contribution in [2.24, 2.45) is 29.2 Å². The number of hydrogen-bond donors (Lipinski definition) is 9. The number of aliphatic carboxylic acids is 1. The molecular weight excluding hydrogens is 670 g/mol. The van der Waals surface area contributed by atoms with Gasteiger partial charge >= 0.3 is 5.97 Å². The topological polar surface area (TPSA) is 301 Å². The van der Waals surface area contributed by atoms with E-state index in [9.17, 15) is 48.3 Å². The molecule has 11 N–H and O–H groups in total. The van der Waals surface area contributed by atoms with Gasteiger partial charge in [-0.25, -0.2) is 4.79 Å². The molecule has 1 rings (SSSR count). The first-order chi connectivity index (χ1) is 23.8. The van der Waals surface area contributed by atoms with E-state index in [1.54, 1.807) is 27.7 Å². The normalized spacial score (nSPS) is 17.0. The molecule has 6 unspecified atom stereocenters. The summed E-state index contributed by atoms with van der Waals surface area (Å²) in [6.45, 7) is 9.06. The molecule has 8 amide bonds. The van der Waals surface area contributed by atoms with E-state index < -0.39 is 103 Å². The second kappa shape index (κ2) is 21.4. The van der Waals surface area contributed by atoms with Crippen LogP contribution in [0.15, 0.2) is 0 Å². The average Bonchev–Trinajstić information content (AvgIpc) is 3.55. The van der Waals surface area contributed by atoms with Crippen LogP contribution in [0.1, 0.15) is 73.6 Å². The Hall–Kier alpha value is -4.81. The molecule has 1 fully saturated rings. The molecule has 0 aromatic heterocycles. The van der Waals surface area contributed by atoms with Crippen molar-refractivity contribution >= 4 is 53.2 Å². The van der Waals surface area contributed by atoms with Crippen LogP contribution in [0, 0.1) is 17.8 Å². The predicted molar refractivity (Wildman–Crippen MR) is 183 cm³/mol. The van der Waals surface area contributed by atoms with Crippen LogP contribution in [0.2, 0.25) is 0 Å². The van der Waals surface area contributed by atoms with Crippen molar-refractivity contribution in [3.63, 3.8) is 0 Å². The van der Waals surface area contributed by atoms with Crippen molar-refractivity contribution in [1.82, 2.24) is 36.8 Å². The standard InChI is InChI=1S/C32H55N9O10/c1-7-18(6)27(32(50)51)40-25(45)15-36-29(47)21-9-8-10-41(21)31(49)20(12-22(34)42)37-24(44)14-35-28(46)19(11-16(2)3)38-30(48)26(17(4)5)39-23(43)13-33/h16-21,26-27H,7-15,33H2,1-6H3,(H2,34,42)(H,35,46)(H,36,47)(H,37,44)(H,38,48)(H,39,43)(H,40,45)(H,50,51). The summed E-state index contributed by atoms with van der Waals surface area (Å²) in [5, 5.41) is 24.1. The van der Waals surface area contributed by atoms with Crippen LogP contribution in [0.25, 0.3) is 0 Å². The Labute approximate surface area is 297 Å². The van der Waals surface area contributed by atoms with Crippen LogP contribution < -0.4 is 43.4 Å². The number of amides is 8. The molecule has 0 aromatic carbocycles. The second-order valence-corrected chi connectivity index (χ2v) is 13.4. The predicted octanol–water partition coefficient (Wildman–Crippen LogP) is -3.18. The quantitative estimate of drug-likeness (QED) is 0.0568. The van der Waals surface area contributed by atoms with Gasteiger partial charge in [-0.1, -0.05) is 48.0 Å². The van der Waals surface area contributed by atoms with Crippen LogP contribution in [0.5, 0.6) is 0 Å². The molecule has 0 bridgehead atoms. The lowest BCUT2D eigenvalue weighted by molar-refractivity contribution is -0.143. The minimum Gasteiger partial charge on any atom is -0.480 e. The molecule has 19 nitrogen and oxygen atoms in total. The van der Waals surface area contributed by atoms with E-state index in [2.05, 4.69) is 31.9 Å². The summed E-state index contributed by atoms with van der Waals surface area (Å²) in [5.41, 5.74) is 10.7. The van der Waals surface area contributed by atoms with Crippen LogP contribution >= 0.6 is 0 Å². The summed E-state index contributed by atoms with van der Waals surface area (Å²) < 4.78 is 0. The van der Waals surface area contributed by atoms with Crippen molar-refractivity contribution in [3.8, 4) is 0 Å². The number of primary amides is 1. The summed E-state index contributed by atoms with van der Waals surface area (Å²) in [6, 6.07) is -5.74. The van der Waals surface area contributed by atoms with Gasteiger partial charge < -0.3 is 53.4 Å². The number of hydrogen-bond acceptors (Lipinski definition) is 10. The minimum absolute atomic E-state index is 0.0602. The minimum atomic E-state index is -1.49. The zero-order chi connectivity index (χ0) is 39.0. The first-order valence-corrected chi connectivity index (χ1v) is 17.1. The molecule has 1 heterocycles. The van der Waals surface area contributed by atoms with Crippen molar-refractivity contribution in [2.45, 2.75) is 104 Å². The van der Waals surface area contributed by atoms with Crippen LogP contribution in [-0.2, 0) is 43.2 Å². The Morgan fingerprint density at radius 1 is 0.784 bits per heavy atom. The largest absolute Gasteiger partial charge is 0.480 e. The second-order valence-electron chi connectivity index (χ2n) is 13.4. The number of carbonyl (C=O) groups excluding carboxylic acids is 8. The van der Waals surface area contributed by atoms with E-state index in [-0.39, 0.29) is 43.7 Å². The van der Waals surface area contributed by atoms with Crippen LogP contribution in [-0.4, -0.2) is 120 Å². The Balaban J connectivity index is 2.93. The van der Waals surface area contributed by atoms with Gasteiger partial charge in [-0.05, 0) is 37.0 Å². The summed E-state index contributed by atoms with van der Waals surface area (Å²) >= 11 is 0. The molecule has 0 saturated carbocycles. The fourth-order valence-electron chi connectivity index (χ4n) is 5.36.